The lowest BCUT2D eigenvalue weighted by Gasteiger charge is -2.30. The molecule has 1 aliphatic heterocycles. The number of aromatic amines is 1. The van der Waals surface area contributed by atoms with Crippen LogP contribution in [0, 0.1) is 0 Å². The third-order valence-electron chi connectivity index (χ3n) is 5.21. The highest BCUT2D eigenvalue weighted by molar-refractivity contribution is 6.31. The summed E-state index contributed by atoms with van der Waals surface area (Å²) in [6.07, 6.45) is 3.68. The quantitative estimate of drug-likeness (QED) is 0.515. The van der Waals surface area contributed by atoms with E-state index in [4.69, 9.17) is 20.5 Å². The van der Waals surface area contributed by atoms with Crippen molar-refractivity contribution in [3.8, 4) is 11.6 Å². The molecule has 3 aromatic heterocycles. The van der Waals surface area contributed by atoms with Crippen molar-refractivity contribution in [2.45, 2.75) is 31.6 Å². The second kappa shape index (κ2) is 7.86. The number of H-pyrrole nitrogens is 1. The maximum absolute atomic E-state index is 12.6. The van der Waals surface area contributed by atoms with Crippen LogP contribution in [0.5, 0.6) is 0 Å². The zero-order valence-corrected chi connectivity index (χ0v) is 16.7. The average Bonchev–Trinajstić information content (AvgIpc) is 3.52. The van der Waals surface area contributed by atoms with Gasteiger partial charge in [0.1, 0.15) is 11.8 Å². The molecule has 11 heteroatoms. The van der Waals surface area contributed by atoms with Gasteiger partial charge in [-0.3, -0.25) is 9.89 Å². The fourth-order valence-electron chi connectivity index (χ4n) is 3.61. The van der Waals surface area contributed by atoms with Crippen LogP contribution in [0.1, 0.15) is 37.0 Å². The number of benzene rings is 1. The number of carbonyl (C=O) groups excluding carboxylic acids is 1. The molecule has 1 saturated heterocycles. The van der Waals surface area contributed by atoms with Crippen LogP contribution in [-0.2, 0) is 11.2 Å². The van der Waals surface area contributed by atoms with Crippen LogP contribution in [-0.4, -0.2) is 54.2 Å². The SMILES string of the molecule is O=C(CCc1nc(-c2ncn[nH]2)no1)N1CCC(c2nc3cc(Cl)ccc3o2)CC1. The average molecular weight is 428 g/mol. The van der Waals surface area contributed by atoms with Gasteiger partial charge in [-0.1, -0.05) is 16.8 Å². The molecule has 4 heterocycles. The molecular formula is C19H18ClN7O3. The van der Waals surface area contributed by atoms with Crippen molar-refractivity contribution in [3.05, 3.63) is 41.3 Å². The van der Waals surface area contributed by atoms with Crippen LogP contribution in [0.25, 0.3) is 22.7 Å². The number of nitrogens with one attached hydrogen (secondary N) is 1. The molecule has 0 bridgehead atoms. The Bertz CT molecular complexity index is 1160. The highest BCUT2D eigenvalue weighted by Gasteiger charge is 2.27. The molecule has 0 saturated carbocycles. The molecule has 1 aromatic carbocycles. The summed E-state index contributed by atoms with van der Waals surface area (Å²) in [7, 11) is 0. The Balaban J connectivity index is 1.15. The predicted octanol–water partition coefficient (Wildman–Crippen LogP) is 2.99. The molecule has 0 atom stereocenters. The smallest absolute Gasteiger partial charge is 0.239 e. The summed E-state index contributed by atoms with van der Waals surface area (Å²) in [6, 6.07) is 5.42. The number of rotatable bonds is 5. The molecule has 0 radical (unpaired) electrons. The van der Waals surface area contributed by atoms with E-state index in [0.717, 1.165) is 23.9 Å². The van der Waals surface area contributed by atoms with Crippen LogP contribution in [0.2, 0.25) is 5.02 Å². The van der Waals surface area contributed by atoms with Crippen molar-refractivity contribution in [2.24, 2.45) is 0 Å². The number of likely N-dealkylation sites (tertiary alicyclic amines) is 1. The lowest BCUT2D eigenvalue weighted by molar-refractivity contribution is -0.132. The van der Waals surface area contributed by atoms with Gasteiger partial charge in [-0.2, -0.15) is 10.1 Å². The van der Waals surface area contributed by atoms with E-state index in [-0.39, 0.29) is 11.8 Å². The van der Waals surface area contributed by atoms with E-state index in [1.54, 1.807) is 12.1 Å². The van der Waals surface area contributed by atoms with Gasteiger partial charge in [-0.05, 0) is 31.0 Å². The van der Waals surface area contributed by atoms with E-state index < -0.39 is 0 Å². The highest BCUT2D eigenvalue weighted by Crippen LogP contribution is 2.31. The summed E-state index contributed by atoms with van der Waals surface area (Å²) in [5, 5.41) is 10.9. The van der Waals surface area contributed by atoms with Gasteiger partial charge in [-0.15, -0.1) is 0 Å². The number of hydrogen-bond acceptors (Lipinski definition) is 8. The molecule has 10 nitrogen and oxygen atoms in total. The van der Waals surface area contributed by atoms with Gasteiger partial charge in [0, 0.05) is 36.9 Å². The molecule has 1 aliphatic rings. The Morgan fingerprint density at radius 3 is 2.93 bits per heavy atom. The van der Waals surface area contributed by atoms with Gasteiger partial charge >= 0.3 is 0 Å². The molecule has 5 rings (SSSR count). The minimum Gasteiger partial charge on any atom is -0.440 e. The van der Waals surface area contributed by atoms with Crippen LogP contribution in [0.4, 0.5) is 0 Å². The lowest BCUT2D eigenvalue weighted by atomic mass is 9.96. The number of amides is 1. The number of piperidine rings is 1. The largest absolute Gasteiger partial charge is 0.440 e. The van der Waals surface area contributed by atoms with E-state index in [1.807, 2.05) is 11.0 Å². The van der Waals surface area contributed by atoms with E-state index in [1.165, 1.54) is 6.33 Å². The molecule has 0 unspecified atom stereocenters. The molecular weight excluding hydrogens is 410 g/mol. The number of halogens is 1. The summed E-state index contributed by atoms with van der Waals surface area (Å²) < 4.78 is 11.1. The molecule has 1 fully saturated rings. The van der Waals surface area contributed by atoms with Gasteiger partial charge in [0.2, 0.25) is 17.6 Å². The fraction of sp³-hybridized carbons (Fsp3) is 0.368. The van der Waals surface area contributed by atoms with Crippen molar-refractivity contribution in [1.82, 2.24) is 35.2 Å². The zero-order chi connectivity index (χ0) is 20.5. The zero-order valence-electron chi connectivity index (χ0n) is 15.9. The van der Waals surface area contributed by atoms with Gasteiger partial charge in [0.15, 0.2) is 17.3 Å². The Hall–Kier alpha value is -3.27. The maximum atomic E-state index is 12.6. The minimum atomic E-state index is 0.0669. The molecule has 0 aliphatic carbocycles. The van der Waals surface area contributed by atoms with Crippen LogP contribution >= 0.6 is 11.6 Å². The normalized spacial score (nSPS) is 15.2. The third-order valence-corrected chi connectivity index (χ3v) is 5.45. The second-order valence-electron chi connectivity index (χ2n) is 7.17. The molecule has 1 N–H and O–H groups in total. The van der Waals surface area contributed by atoms with Gasteiger partial charge in [0.25, 0.3) is 0 Å². The summed E-state index contributed by atoms with van der Waals surface area (Å²) in [5.74, 6) is 2.13. The Morgan fingerprint density at radius 2 is 2.13 bits per heavy atom. The number of nitrogens with zero attached hydrogens (tertiary/aromatic N) is 6. The number of carbonyl (C=O) groups is 1. The van der Waals surface area contributed by atoms with Crippen molar-refractivity contribution in [1.29, 1.82) is 0 Å². The second-order valence-corrected chi connectivity index (χ2v) is 7.60. The van der Waals surface area contributed by atoms with E-state index in [0.29, 0.717) is 54.4 Å². The number of fused-ring (bicyclic) bond motifs is 1. The van der Waals surface area contributed by atoms with E-state index in [2.05, 4.69) is 30.3 Å². The summed E-state index contributed by atoms with van der Waals surface area (Å²) in [5.41, 5.74) is 1.50. The Kier molecular flexibility index (Phi) is 4.91. The first-order valence-corrected chi connectivity index (χ1v) is 10.1. The maximum Gasteiger partial charge on any atom is 0.239 e. The van der Waals surface area contributed by atoms with Gasteiger partial charge < -0.3 is 13.8 Å². The van der Waals surface area contributed by atoms with E-state index >= 15 is 0 Å². The standard InChI is InChI=1S/C19H18ClN7O3/c20-12-1-2-14-13(9-12)23-19(29-14)11-5-7-27(8-6-11)16(28)4-3-15-24-18(26-30-15)17-21-10-22-25-17/h1-2,9-11H,3-8H2,(H,21,22,25). The number of hydrogen-bond donors (Lipinski definition) is 1. The third kappa shape index (κ3) is 3.78. The molecule has 4 aromatic rings. The van der Waals surface area contributed by atoms with Crippen molar-refractivity contribution < 1.29 is 13.7 Å². The topological polar surface area (TPSA) is 127 Å². The van der Waals surface area contributed by atoms with Crippen molar-refractivity contribution in [2.75, 3.05) is 13.1 Å². The number of aryl methyl sites for hydroxylation is 1. The first-order valence-electron chi connectivity index (χ1n) is 9.68. The fourth-order valence-corrected chi connectivity index (χ4v) is 3.77. The molecule has 0 spiro atoms. The lowest BCUT2D eigenvalue weighted by Crippen LogP contribution is -2.38. The summed E-state index contributed by atoms with van der Waals surface area (Å²) >= 11 is 6.02. The van der Waals surface area contributed by atoms with Gasteiger partial charge in [-0.25, -0.2) is 9.97 Å². The Labute approximate surface area is 175 Å². The molecule has 154 valence electrons. The summed E-state index contributed by atoms with van der Waals surface area (Å²) in [6.45, 7) is 1.33. The molecule has 30 heavy (non-hydrogen) atoms. The van der Waals surface area contributed by atoms with Crippen molar-refractivity contribution >= 4 is 28.6 Å². The van der Waals surface area contributed by atoms with Crippen LogP contribution < -0.4 is 0 Å². The number of oxazole rings is 1. The van der Waals surface area contributed by atoms with Crippen molar-refractivity contribution in [3.63, 3.8) is 0 Å². The molecule has 1 amide bonds. The summed E-state index contributed by atoms with van der Waals surface area (Å²) in [4.78, 5) is 27.2. The predicted molar refractivity (Wildman–Crippen MR) is 106 cm³/mol. The number of aromatic nitrogens is 6. The first kappa shape index (κ1) is 18.7. The van der Waals surface area contributed by atoms with Crippen LogP contribution in [0.3, 0.4) is 0 Å². The Morgan fingerprint density at radius 1 is 1.27 bits per heavy atom. The van der Waals surface area contributed by atoms with Crippen LogP contribution in [0.15, 0.2) is 33.5 Å². The minimum absolute atomic E-state index is 0.0669. The monoisotopic (exact) mass is 427 g/mol. The van der Waals surface area contributed by atoms with E-state index in [9.17, 15) is 4.79 Å². The van der Waals surface area contributed by atoms with Gasteiger partial charge in [0.05, 0.1) is 0 Å². The first-order chi connectivity index (χ1) is 14.7. The highest BCUT2D eigenvalue weighted by atomic mass is 35.5.